The lowest BCUT2D eigenvalue weighted by Crippen LogP contribution is -2.47. The van der Waals surface area contributed by atoms with Gasteiger partial charge in [-0.15, -0.1) is 0 Å². The number of ether oxygens (including phenoxy) is 2. The van der Waals surface area contributed by atoms with Gasteiger partial charge in [-0.2, -0.15) is 0 Å². The third-order valence-electron chi connectivity index (χ3n) is 4.92. The molecule has 7 nitrogen and oxygen atoms in total. The van der Waals surface area contributed by atoms with E-state index in [-0.39, 0.29) is 23.5 Å². The van der Waals surface area contributed by atoms with E-state index in [2.05, 4.69) is 4.72 Å². The van der Waals surface area contributed by atoms with Crippen LogP contribution < -0.4 is 14.2 Å². The van der Waals surface area contributed by atoms with Crippen molar-refractivity contribution >= 4 is 15.9 Å². The summed E-state index contributed by atoms with van der Waals surface area (Å²) in [5, 5.41) is 0. The molecule has 29 heavy (non-hydrogen) atoms. The summed E-state index contributed by atoms with van der Waals surface area (Å²) >= 11 is 0. The van der Waals surface area contributed by atoms with Crippen LogP contribution >= 0.6 is 0 Å². The highest BCUT2D eigenvalue weighted by molar-refractivity contribution is 7.89. The van der Waals surface area contributed by atoms with E-state index in [0.29, 0.717) is 37.4 Å². The van der Waals surface area contributed by atoms with Crippen LogP contribution in [0.3, 0.4) is 0 Å². The van der Waals surface area contributed by atoms with Gasteiger partial charge in [0.05, 0.1) is 12.0 Å². The molecule has 2 aromatic rings. The van der Waals surface area contributed by atoms with E-state index in [4.69, 9.17) is 9.47 Å². The van der Waals surface area contributed by atoms with Crippen LogP contribution in [0.1, 0.15) is 18.4 Å². The Bertz CT molecular complexity index is 936. The number of hydrogen-bond acceptors (Lipinski definition) is 5. The van der Waals surface area contributed by atoms with Crippen molar-refractivity contribution in [3.8, 4) is 11.5 Å². The number of benzene rings is 2. The van der Waals surface area contributed by atoms with Crippen LogP contribution in [0.4, 0.5) is 0 Å². The van der Waals surface area contributed by atoms with Crippen LogP contribution in [0.5, 0.6) is 11.5 Å². The van der Waals surface area contributed by atoms with Crippen LogP contribution in [0, 0.1) is 6.92 Å². The number of rotatable bonds is 7. The molecule has 3 rings (SSSR count). The molecule has 2 aromatic carbocycles. The van der Waals surface area contributed by atoms with Crippen LogP contribution in [-0.4, -0.2) is 52.1 Å². The van der Waals surface area contributed by atoms with E-state index in [0.717, 1.165) is 5.56 Å². The van der Waals surface area contributed by atoms with E-state index < -0.39 is 10.0 Å². The van der Waals surface area contributed by atoms with Crippen molar-refractivity contribution in [1.82, 2.24) is 9.62 Å². The molecule has 0 spiro atoms. The maximum atomic E-state index is 12.5. The number of aryl methyl sites for hydroxylation is 1. The molecule has 1 heterocycles. The standard InChI is InChI=1S/C21H26N2O5S/c1-16-7-9-18(10-8-16)29(25,26)22-17-11-13-23(14-12-17)21(24)15-28-20-6-4-3-5-19(20)27-2/h3-10,17,22H,11-15H2,1-2H3. The van der Waals surface area contributed by atoms with Crippen molar-refractivity contribution in [2.24, 2.45) is 0 Å². The molecule has 1 amide bonds. The molecule has 156 valence electrons. The lowest BCUT2D eigenvalue weighted by Gasteiger charge is -2.32. The van der Waals surface area contributed by atoms with Crippen molar-refractivity contribution in [2.45, 2.75) is 30.7 Å². The van der Waals surface area contributed by atoms with Gasteiger partial charge >= 0.3 is 0 Å². The Morgan fingerprint density at radius 2 is 1.69 bits per heavy atom. The lowest BCUT2D eigenvalue weighted by atomic mass is 10.1. The minimum atomic E-state index is -3.56. The fourth-order valence-electron chi connectivity index (χ4n) is 3.22. The Morgan fingerprint density at radius 3 is 2.31 bits per heavy atom. The number of likely N-dealkylation sites (tertiary alicyclic amines) is 1. The number of amides is 1. The van der Waals surface area contributed by atoms with Gasteiger partial charge in [0, 0.05) is 19.1 Å². The number of nitrogens with zero attached hydrogens (tertiary/aromatic N) is 1. The van der Waals surface area contributed by atoms with Gasteiger partial charge < -0.3 is 14.4 Å². The molecule has 0 saturated carbocycles. The number of nitrogens with one attached hydrogen (secondary N) is 1. The number of methoxy groups -OCH3 is 1. The minimum Gasteiger partial charge on any atom is -0.493 e. The van der Waals surface area contributed by atoms with Crippen LogP contribution in [0.25, 0.3) is 0 Å². The molecule has 0 radical (unpaired) electrons. The minimum absolute atomic E-state index is 0.0832. The molecule has 1 fully saturated rings. The number of piperidine rings is 1. The first-order valence-corrected chi connectivity index (χ1v) is 11.0. The Hall–Kier alpha value is -2.58. The van der Waals surface area contributed by atoms with Gasteiger partial charge in [-0.05, 0) is 44.0 Å². The maximum Gasteiger partial charge on any atom is 0.260 e. The van der Waals surface area contributed by atoms with E-state index in [1.54, 1.807) is 48.4 Å². The molecular weight excluding hydrogens is 392 g/mol. The van der Waals surface area contributed by atoms with Crippen molar-refractivity contribution in [3.05, 3.63) is 54.1 Å². The summed E-state index contributed by atoms with van der Waals surface area (Å²) in [7, 11) is -2.01. The zero-order valence-corrected chi connectivity index (χ0v) is 17.4. The predicted molar refractivity (Wildman–Crippen MR) is 110 cm³/mol. The zero-order chi connectivity index (χ0) is 20.9. The van der Waals surface area contributed by atoms with Gasteiger partial charge in [0.25, 0.3) is 5.91 Å². The summed E-state index contributed by atoms with van der Waals surface area (Å²) in [4.78, 5) is 14.4. The third-order valence-corrected chi connectivity index (χ3v) is 6.46. The summed E-state index contributed by atoms with van der Waals surface area (Å²) in [5.41, 5.74) is 1.01. The molecule has 1 saturated heterocycles. The first-order valence-electron chi connectivity index (χ1n) is 9.51. The molecular formula is C21H26N2O5S. The average molecular weight is 419 g/mol. The SMILES string of the molecule is COc1ccccc1OCC(=O)N1CCC(NS(=O)(=O)c2ccc(C)cc2)CC1. The van der Waals surface area contributed by atoms with Crippen molar-refractivity contribution in [3.63, 3.8) is 0 Å². The monoisotopic (exact) mass is 418 g/mol. The summed E-state index contributed by atoms with van der Waals surface area (Å²) in [5.74, 6) is 0.962. The van der Waals surface area contributed by atoms with Gasteiger partial charge in [-0.3, -0.25) is 4.79 Å². The van der Waals surface area contributed by atoms with Gasteiger partial charge in [-0.25, -0.2) is 13.1 Å². The second-order valence-corrected chi connectivity index (χ2v) is 8.74. The Kier molecular flexibility index (Phi) is 6.76. The normalized spacial score (nSPS) is 15.2. The average Bonchev–Trinajstić information content (AvgIpc) is 2.72. The van der Waals surface area contributed by atoms with E-state index in [1.807, 2.05) is 19.1 Å². The van der Waals surface area contributed by atoms with Crippen molar-refractivity contribution in [2.75, 3.05) is 26.8 Å². The zero-order valence-electron chi connectivity index (χ0n) is 16.6. The summed E-state index contributed by atoms with van der Waals surface area (Å²) in [6, 6.07) is 13.7. The van der Waals surface area contributed by atoms with Crippen LogP contribution in [0.2, 0.25) is 0 Å². The second-order valence-electron chi connectivity index (χ2n) is 7.03. The van der Waals surface area contributed by atoms with Gasteiger partial charge in [0.2, 0.25) is 10.0 Å². The lowest BCUT2D eigenvalue weighted by molar-refractivity contribution is -0.134. The highest BCUT2D eigenvalue weighted by Gasteiger charge is 2.27. The fraction of sp³-hybridized carbons (Fsp3) is 0.381. The Balaban J connectivity index is 1.49. The topological polar surface area (TPSA) is 84.9 Å². The number of para-hydroxylation sites is 2. The Labute approximate surface area is 171 Å². The quantitative estimate of drug-likeness (QED) is 0.746. The first-order chi connectivity index (χ1) is 13.9. The Morgan fingerprint density at radius 1 is 1.07 bits per heavy atom. The fourth-order valence-corrected chi connectivity index (χ4v) is 4.53. The number of carbonyl (C=O) groups excluding carboxylic acids is 1. The van der Waals surface area contributed by atoms with E-state index >= 15 is 0 Å². The molecule has 0 atom stereocenters. The highest BCUT2D eigenvalue weighted by Crippen LogP contribution is 2.25. The third kappa shape index (κ3) is 5.48. The van der Waals surface area contributed by atoms with Gasteiger partial charge in [0.1, 0.15) is 0 Å². The number of sulfonamides is 1. The van der Waals surface area contributed by atoms with Crippen LogP contribution in [-0.2, 0) is 14.8 Å². The number of carbonyl (C=O) groups is 1. The van der Waals surface area contributed by atoms with Gasteiger partial charge in [-0.1, -0.05) is 29.8 Å². The summed E-state index contributed by atoms with van der Waals surface area (Å²) < 4.78 is 38.6. The van der Waals surface area contributed by atoms with Crippen LogP contribution in [0.15, 0.2) is 53.4 Å². The van der Waals surface area contributed by atoms with E-state index in [1.165, 1.54) is 0 Å². The second kappa shape index (κ2) is 9.28. The van der Waals surface area contributed by atoms with E-state index in [9.17, 15) is 13.2 Å². The molecule has 1 aliphatic heterocycles. The number of hydrogen-bond donors (Lipinski definition) is 1. The highest BCUT2D eigenvalue weighted by atomic mass is 32.2. The summed E-state index contributed by atoms with van der Waals surface area (Å²) in [6.45, 7) is 2.79. The maximum absolute atomic E-state index is 12.5. The largest absolute Gasteiger partial charge is 0.493 e. The van der Waals surface area contributed by atoms with Crippen molar-refractivity contribution in [1.29, 1.82) is 0 Å². The molecule has 1 aliphatic rings. The molecule has 0 aromatic heterocycles. The molecule has 8 heteroatoms. The smallest absolute Gasteiger partial charge is 0.260 e. The first kappa shape index (κ1) is 21.1. The summed E-state index contributed by atoms with van der Waals surface area (Å²) in [6.07, 6.45) is 1.12. The predicted octanol–water partition coefficient (Wildman–Crippen LogP) is 2.35. The molecule has 0 aliphatic carbocycles. The molecule has 0 unspecified atom stereocenters. The molecule has 0 bridgehead atoms. The van der Waals surface area contributed by atoms with Crippen molar-refractivity contribution < 1.29 is 22.7 Å². The van der Waals surface area contributed by atoms with Gasteiger partial charge in [0.15, 0.2) is 18.1 Å². The molecule has 1 N–H and O–H groups in total.